The second-order valence-corrected chi connectivity index (χ2v) is 4.03. The highest BCUT2D eigenvalue weighted by Gasteiger charge is 2.24. The molecule has 0 aromatic heterocycles. The summed E-state index contributed by atoms with van der Waals surface area (Å²) < 4.78 is 4.66. The fourth-order valence-electron chi connectivity index (χ4n) is 1.85. The van der Waals surface area contributed by atoms with Crippen molar-refractivity contribution >= 4 is 23.3 Å². The maximum Gasteiger partial charge on any atom is 0.306 e. The summed E-state index contributed by atoms with van der Waals surface area (Å²) in [6.45, 7) is 0.769. The summed E-state index contributed by atoms with van der Waals surface area (Å²) in [5.74, 6) is 0.0225. The van der Waals surface area contributed by atoms with Crippen LogP contribution >= 0.6 is 11.6 Å². The van der Waals surface area contributed by atoms with Gasteiger partial charge in [0, 0.05) is 23.2 Å². The standard InChI is InChI=1S/C11H12ClNO2/c1-15-11(14)4-7-6-13-10-5-8(12)2-3-9(7)10/h2-3,5,7,13H,4,6H2,1H3. The lowest BCUT2D eigenvalue weighted by Gasteiger charge is -2.07. The van der Waals surface area contributed by atoms with Crippen molar-refractivity contribution < 1.29 is 9.53 Å². The topological polar surface area (TPSA) is 38.3 Å². The first-order valence-corrected chi connectivity index (χ1v) is 5.18. The van der Waals surface area contributed by atoms with Crippen molar-refractivity contribution in [1.82, 2.24) is 0 Å². The van der Waals surface area contributed by atoms with Gasteiger partial charge >= 0.3 is 5.97 Å². The molecule has 2 rings (SSSR count). The third kappa shape index (κ3) is 2.07. The van der Waals surface area contributed by atoms with Gasteiger partial charge < -0.3 is 10.1 Å². The van der Waals surface area contributed by atoms with Crippen LogP contribution in [0, 0.1) is 0 Å². The Hall–Kier alpha value is -1.22. The number of esters is 1. The zero-order valence-corrected chi connectivity index (χ0v) is 9.17. The Morgan fingerprint density at radius 2 is 2.47 bits per heavy atom. The third-order valence-corrected chi connectivity index (χ3v) is 2.87. The number of hydrogen-bond donors (Lipinski definition) is 1. The summed E-state index contributed by atoms with van der Waals surface area (Å²) in [5, 5.41) is 3.94. The average Bonchev–Trinajstić information content (AvgIpc) is 2.60. The number of ether oxygens (including phenoxy) is 1. The van der Waals surface area contributed by atoms with Gasteiger partial charge in [-0.05, 0) is 17.7 Å². The number of rotatable bonds is 2. The number of anilines is 1. The number of hydrogen-bond acceptors (Lipinski definition) is 3. The van der Waals surface area contributed by atoms with Crippen LogP contribution < -0.4 is 5.32 Å². The molecule has 0 saturated carbocycles. The van der Waals surface area contributed by atoms with E-state index in [2.05, 4.69) is 10.1 Å². The lowest BCUT2D eigenvalue weighted by Crippen LogP contribution is -2.10. The molecule has 80 valence electrons. The summed E-state index contributed by atoms with van der Waals surface area (Å²) in [5.41, 5.74) is 2.17. The Morgan fingerprint density at radius 3 is 3.20 bits per heavy atom. The number of benzene rings is 1. The largest absolute Gasteiger partial charge is 0.469 e. The normalized spacial score (nSPS) is 18.1. The van der Waals surface area contributed by atoms with Gasteiger partial charge in [0.05, 0.1) is 13.5 Å². The minimum Gasteiger partial charge on any atom is -0.469 e. The molecule has 1 aliphatic rings. The molecule has 0 spiro atoms. The summed E-state index contributed by atoms with van der Waals surface area (Å²) >= 11 is 5.87. The summed E-state index contributed by atoms with van der Waals surface area (Å²) in [6, 6.07) is 5.69. The highest BCUT2D eigenvalue weighted by atomic mass is 35.5. The number of fused-ring (bicyclic) bond motifs is 1. The van der Waals surface area contributed by atoms with Gasteiger partial charge in [-0.25, -0.2) is 0 Å². The lowest BCUT2D eigenvalue weighted by atomic mass is 9.98. The molecular formula is C11H12ClNO2. The smallest absolute Gasteiger partial charge is 0.306 e. The van der Waals surface area contributed by atoms with Crippen molar-refractivity contribution in [2.45, 2.75) is 12.3 Å². The fraction of sp³-hybridized carbons (Fsp3) is 0.364. The van der Waals surface area contributed by atoms with E-state index in [1.165, 1.54) is 7.11 Å². The van der Waals surface area contributed by atoms with Gasteiger partial charge in [0.15, 0.2) is 0 Å². The fourth-order valence-corrected chi connectivity index (χ4v) is 2.02. The van der Waals surface area contributed by atoms with Crippen LogP contribution in [0.1, 0.15) is 17.9 Å². The van der Waals surface area contributed by atoms with Crippen molar-refractivity contribution in [3.63, 3.8) is 0 Å². The van der Waals surface area contributed by atoms with E-state index in [9.17, 15) is 4.79 Å². The quantitative estimate of drug-likeness (QED) is 0.786. The van der Waals surface area contributed by atoms with E-state index in [4.69, 9.17) is 11.6 Å². The van der Waals surface area contributed by atoms with E-state index >= 15 is 0 Å². The van der Waals surface area contributed by atoms with Gasteiger partial charge in [-0.15, -0.1) is 0 Å². The number of carbonyl (C=O) groups is 1. The van der Waals surface area contributed by atoms with Crippen LogP contribution in [0.3, 0.4) is 0 Å². The first-order valence-electron chi connectivity index (χ1n) is 4.81. The Balaban J connectivity index is 2.18. The van der Waals surface area contributed by atoms with Crippen molar-refractivity contribution in [3.05, 3.63) is 28.8 Å². The first kappa shape index (κ1) is 10.3. The average molecular weight is 226 g/mol. The van der Waals surface area contributed by atoms with E-state index < -0.39 is 0 Å². The number of carbonyl (C=O) groups excluding carboxylic acids is 1. The van der Waals surface area contributed by atoms with Crippen molar-refractivity contribution in [2.75, 3.05) is 19.0 Å². The van der Waals surface area contributed by atoms with Gasteiger partial charge in [-0.3, -0.25) is 4.79 Å². The van der Waals surface area contributed by atoms with E-state index in [1.54, 1.807) is 0 Å². The predicted octanol–water partition coefficient (Wildman–Crippen LogP) is 2.41. The minimum absolute atomic E-state index is 0.176. The maximum absolute atomic E-state index is 11.2. The Bertz CT molecular complexity index is 392. The minimum atomic E-state index is -0.176. The molecule has 0 radical (unpaired) electrons. The predicted molar refractivity (Wildman–Crippen MR) is 59.3 cm³/mol. The zero-order chi connectivity index (χ0) is 10.8. The van der Waals surface area contributed by atoms with Crippen LogP contribution in [0.15, 0.2) is 18.2 Å². The molecular weight excluding hydrogens is 214 g/mol. The van der Waals surface area contributed by atoms with Crippen molar-refractivity contribution in [1.29, 1.82) is 0 Å². The molecule has 1 unspecified atom stereocenters. The van der Waals surface area contributed by atoms with Crippen LogP contribution in [0.25, 0.3) is 0 Å². The second-order valence-electron chi connectivity index (χ2n) is 3.59. The highest BCUT2D eigenvalue weighted by molar-refractivity contribution is 6.30. The Labute approximate surface area is 93.4 Å². The van der Waals surface area contributed by atoms with Crippen molar-refractivity contribution in [3.8, 4) is 0 Å². The lowest BCUT2D eigenvalue weighted by molar-refractivity contribution is -0.140. The maximum atomic E-state index is 11.2. The molecule has 0 amide bonds. The molecule has 1 aromatic rings. The molecule has 1 heterocycles. The molecule has 15 heavy (non-hydrogen) atoms. The highest BCUT2D eigenvalue weighted by Crippen LogP contribution is 2.35. The van der Waals surface area contributed by atoms with Crippen LogP contribution in [0.4, 0.5) is 5.69 Å². The number of methoxy groups -OCH3 is 1. The summed E-state index contributed by atoms with van der Waals surface area (Å²) in [4.78, 5) is 11.2. The van der Waals surface area contributed by atoms with Crippen molar-refractivity contribution in [2.24, 2.45) is 0 Å². The molecule has 0 bridgehead atoms. The van der Waals surface area contributed by atoms with Gasteiger partial charge in [-0.1, -0.05) is 17.7 Å². The summed E-state index contributed by atoms with van der Waals surface area (Å²) in [7, 11) is 1.41. The number of halogens is 1. The molecule has 0 fully saturated rings. The molecule has 0 aliphatic carbocycles. The monoisotopic (exact) mass is 225 g/mol. The SMILES string of the molecule is COC(=O)CC1CNc2cc(Cl)ccc21. The zero-order valence-electron chi connectivity index (χ0n) is 8.42. The van der Waals surface area contributed by atoms with E-state index in [1.807, 2.05) is 18.2 Å². The summed E-state index contributed by atoms with van der Waals surface area (Å²) in [6.07, 6.45) is 0.415. The van der Waals surface area contributed by atoms with Crippen LogP contribution in [-0.2, 0) is 9.53 Å². The molecule has 1 aliphatic heterocycles. The Kier molecular flexibility index (Phi) is 2.82. The molecule has 4 heteroatoms. The van der Waals surface area contributed by atoms with E-state index in [0.29, 0.717) is 11.4 Å². The molecule has 3 nitrogen and oxygen atoms in total. The molecule has 1 atom stereocenters. The van der Waals surface area contributed by atoms with Gasteiger partial charge in [0.1, 0.15) is 0 Å². The third-order valence-electron chi connectivity index (χ3n) is 2.63. The number of nitrogens with one attached hydrogen (secondary N) is 1. The molecule has 0 saturated heterocycles. The molecule has 1 aromatic carbocycles. The van der Waals surface area contributed by atoms with E-state index in [0.717, 1.165) is 17.8 Å². The first-order chi connectivity index (χ1) is 7.20. The van der Waals surface area contributed by atoms with E-state index in [-0.39, 0.29) is 11.9 Å². The van der Waals surface area contributed by atoms with Gasteiger partial charge in [-0.2, -0.15) is 0 Å². The van der Waals surface area contributed by atoms with Crippen LogP contribution in [-0.4, -0.2) is 19.6 Å². The van der Waals surface area contributed by atoms with Gasteiger partial charge in [0.25, 0.3) is 0 Å². The van der Waals surface area contributed by atoms with Gasteiger partial charge in [0.2, 0.25) is 0 Å². The van der Waals surface area contributed by atoms with Crippen LogP contribution in [0.2, 0.25) is 5.02 Å². The molecule has 1 N–H and O–H groups in total. The van der Waals surface area contributed by atoms with Crippen LogP contribution in [0.5, 0.6) is 0 Å². The second kappa shape index (κ2) is 4.11. The Morgan fingerprint density at radius 1 is 1.67 bits per heavy atom.